The second-order valence-corrected chi connectivity index (χ2v) is 8.82. The molecule has 0 spiro atoms. The molecule has 1 aliphatic carbocycles. The van der Waals surface area contributed by atoms with Gasteiger partial charge in [-0.3, -0.25) is 4.79 Å². The first kappa shape index (κ1) is 24.4. The second-order valence-electron chi connectivity index (χ2n) is 8.82. The lowest BCUT2D eigenvalue weighted by Gasteiger charge is -2.21. The Kier molecular flexibility index (Phi) is 7.47. The molecule has 35 heavy (non-hydrogen) atoms. The molecule has 4 rings (SSSR count). The van der Waals surface area contributed by atoms with Crippen LogP contribution >= 0.6 is 0 Å². The van der Waals surface area contributed by atoms with Gasteiger partial charge in [-0.15, -0.1) is 0 Å². The van der Waals surface area contributed by atoms with Crippen LogP contribution in [0.2, 0.25) is 0 Å². The maximum absolute atomic E-state index is 12.4. The molecule has 2 aromatic carbocycles. The van der Waals surface area contributed by atoms with E-state index >= 15 is 0 Å². The first-order valence-electron chi connectivity index (χ1n) is 12.1. The number of ether oxygens (including phenoxy) is 1. The van der Waals surface area contributed by atoms with E-state index in [0.29, 0.717) is 48.2 Å². The minimum absolute atomic E-state index is 0.0307. The molecule has 0 radical (unpaired) electrons. The highest BCUT2D eigenvalue weighted by Gasteiger charge is 2.27. The van der Waals surface area contributed by atoms with Crippen molar-refractivity contribution >= 4 is 5.91 Å². The van der Waals surface area contributed by atoms with Crippen LogP contribution in [0.5, 0.6) is 5.75 Å². The number of fused-ring (bicyclic) bond motifs is 1. The van der Waals surface area contributed by atoms with Crippen molar-refractivity contribution in [3.63, 3.8) is 0 Å². The molecule has 8 nitrogen and oxygen atoms in total. The predicted molar refractivity (Wildman–Crippen MR) is 133 cm³/mol. The number of nitrogens with one attached hydrogen (secondary N) is 1. The molecule has 1 amide bonds. The van der Waals surface area contributed by atoms with Gasteiger partial charge in [0, 0.05) is 30.3 Å². The lowest BCUT2D eigenvalue weighted by atomic mass is 10.0. The zero-order valence-corrected chi connectivity index (χ0v) is 20.7. The Morgan fingerprint density at radius 1 is 1.29 bits per heavy atom. The third kappa shape index (κ3) is 5.20. The second kappa shape index (κ2) is 10.7. The van der Waals surface area contributed by atoms with E-state index < -0.39 is 0 Å². The number of rotatable bonds is 9. The summed E-state index contributed by atoms with van der Waals surface area (Å²) in [5.74, 6) is 1.51. The zero-order chi connectivity index (χ0) is 24.9. The van der Waals surface area contributed by atoms with Crippen molar-refractivity contribution in [1.29, 1.82) is 5.26 Å². The van der Waals surface area contributed by atoms with Crippen molar-refractivity contribution in [2.24, 2.45) is 0 Å². The smallest absolute Gasteiger partial charge is 0.258 e. The van der Waals surface area contributed by atoms with Crippen molar-refractivity contribution in [3.8, 4) is 34.7 Å². The van der Waals surface area contributed by atoms with Gasteiger partial charge in [-0.1, -0.05) is 23.4 Å². The van der Waals surface area contributed by atoms with Crippen LogP contribution in [0, 0.1) is 11.3 Å². The van der Waals surface area contributed by atoms with Gasteiger partial charge >= 0.3 is 0 Å². The standard InChI is InChI=1S/C27H31N5O3/c1-5-32(6-2)25(33)16-29-23-12-11-20-21(23)8-7-9-22(20)26-30-27(35-31-26)18-10-13-24(34-17(3)4)19(14-18)15-28/h7-10,13-14,17,23,29H,5-6,11-12,16H2,1-4H3/t23-/m1/s1. The van der Waals surface area contributed by atoms with Crippen molar-refractivity contribution in [2.45, 2.75) is 52.7 Å². The minimum Gasteiger partial charge on any atom is -0.490 e. The Labute approximate surface area is 205 Å². The van der Waals surface area contributed by atoms with Gasteiger partial charge in [0.25, 0.3) is 5.89 Å². The van der Waals surface area contributed by atoms with E-state index in [-0.39, 0.29) is 18.1 Å². The minimum atomic E-state index is -0.0307. The Balaban J connectivity index is 1.54. The van der Waals surface area contributed by atoms with Gasteiger partial charge in [0.1, 0.15) is 11.8 Å². The van der Waals surface area contributed by atoms with Gasteiger partial charge in [0.15, 0.2) is 0 Å². The van der Waals surface area contributed by atoms with Crippen LogP contribution in [0.3, 0.4) is 0 Å². The fourth-order valence-corrected chi connectivity index (χ4v) is 4.53. The normalized spacial score (nSPS) is 14.6. The molecule has 0 fully saturated rings. The quantitative estimate of drug-likeness (QED) is 0.488. The lowest BCUT2D eigenvalue weighted by Crippen LogP contribution is -2.38. The van der Waals surface area contributed by atoms with Crippen LogP contribution in [0.4, 0.5) is 0 Å². The van der Waals surface area contributed by atoms with Crippen molar-refractivity contribution < 1.29 is 14.1 Å². The molecule has 1 atom stereocenters. The molecular weight excluding hydrogens is 442 g/mol. The number of carbonyl (C=O) groups is 1. The summed E-state index contributed by atoms with van der Waals surface area (Å²) < 4.78 is 11.3. The molecule has 3 aromatic rings. The number of carbonyl (C=O) groups excluding carboxylic acids is 1. The van der Waals surface area contributed by atoms with Gasteiger partial charge in [-0.25, -0.2) is 0 Å². The average molecular weight is 474 g/mol. The number of benzene rings is 2. The van der Waals surface area contributed by atoms with Crippen LogP contribution in [-0.2, 0) is 11.2 Å². The van der Waals surface area contributed by atoms with Gasteiger partial charge in [0.2, 0.25) is 11.7 Å². The van der Waals surface area contributed by atoms with E-state index in [4.69, 9.17) is 9.26 Å². The van der Waals surface area contributed by atoms with Crippen LogP contribution in [0.1, 0.15) is 56.8 Å². The number of hydrogen-bond donors (Lipinski definition) is 1. The van der Waals surface area contributed by atoms with E-state index in [1.165, 1.54) is 11.1 Å². The predicted octanol–water partition coefficient (Wildman–Crippen LogP) is 4.51. The third-order valence-corrected chi connectivity index (χ3v) is 6.26. The van der Waals surface area contributed by atoms with Crippen molar-refractivity contribution in [2.75, 3.05) is 19.6 Å². The highest BCUT2D eigenvalue weighted by Crippen LogP contribution is 2.37. The molecular formula is C27H31N5O3. The summed E-state index contributed by atoms with van der Waals surface area (Å²) in [7, 11) is 0. The maximum Gasteiger partial charge on any atom is 0.258 e. The molecule has 1 aromatic heterocycles. The summed E-state index contributed by atoms with van der Waals surface area (Å²) in [5.41, 5.74) is 4.36. The third-order valence-electron chi connectivity index (χ3n) is 6.26. The fourth-order valence-electron chi connectivity index (χ4n) is 4.53. The highest BCUT2D eigenvalue weighted by molar-refractivity contribution is 5.78. The number of hydrogen-bond acceptors (Lipinski definition) is 7. The molecule has 0 saturated carbocycles. The van der Waals surface area contributed by atoms with Gasteiger partial charge < -0.3 is 19.5 Å². The Bertz CT molecular complexity index is 1240. The summed E-state index contributed by atoms with van der Waals surface area (Å²) in [6.07, 6.45) is 1.74. The Morgan fingerprint density at radius 2 is 2.09 bits per heavy atom. The number of nitrogens with zero attached hydrogens (tertiary/aromatic N) is 4. The first-order valence-corrected chi connectivity index (χ1v) is 12.1. The van der Waals surface area contributed by atoms with E-state index in [9.17, 15) is 10.1 Å². The molecule has 0 unspecified atom stereocenters. The molecule has 0 aliphatic heterocycles. The molecule has 182 valence electrons. The van der Waals surface area contributed by atoms with Crippen LogP contribution in [0.25, 0.3) is 22.8 Å². The van der Waals surface area contributed by atoms with Crippen LogP contribution in [-0.4, -0.2) is 46.7 Å². The summed E-state index contributed by atoms with van der Waals surface area (Å²) in [4.78, 5) is 18.9. The number of nitriles is 1. The van der Waals surface area contributed by atoms with Gasteiger partial charge in [0.05, 0.1) is 18.2 Å². The molecule has 8 heteroatoms. The number of likely N-dealkylation sites (N-methyl/N-ethyl adjacent to an activating group) is 1. The highest BCUT2D eigenvalue weighted by atomic mass is 16.5. The molecule has 0 saturated heterocycles. The van der Waals surface area contributed by atoms with Crippen molar-refractivity contribution in [1.82, 2.24) is 20.4 Å². The number of aromatic nitrogens is 2. The molecule has 1 aliphatic rings. The SMILES string of the molecule is CCN(CC)C(=O)CN[C@@H]1CCc2c(-c3noc(-c4ccc(OC(C)C)c(C#N)c4)n3)cccc21. The van der Waals surface area contributed by atoms with E-state index in [0.717, 1.165) is 18.4 Å². The van der Waals surface area contributed by atoms with E-state index in [1.807, 2.05) is 50.8 Å². The summed E-state index contributed by atoms with van der Waals surface area (Å²) >= 11 is 0. The van der Waals surface area contributed by atoms with Gasteiger partial charge in [-0.2, -0.15) is 10.2 Å². The topological polar surface area (TPSA) is 104 Å². The first-order chi connectivity index (χ1) is 16.9. The van der Waals surface area contributed by atoms with Gasteiger partial charge in [-0.05, 0) is 69.9 Å². The zero-order valence-electron chi connectivity index (χ0n) is 20.7. The number of amides is 1. The van der Waals surface area contributed by atoms with E-state index in [1.54, 1.807) is 12.1 Å². The maximum atomic E-state index is 12.4. The van der Waals surface area contributed by atoms with E-state index in [2.05, 4.69) is 27.6 Å². The summed E-state index contributed by atoms with van der Waals surface area (Å²) in [6.45, 7) is 9.57. The monoisotopic (exact) mass is 473 g/mol. The Hall–Kier alpha value is -3.70. The molecule has 1 N–H and O–H groups in total. The fraction of sp³-hybridized carbons (Fsp3) is 0.407. The lowest BCUT2D eigenvalue weighted by molar-refractivity contribution is -0.130. The van der Waals surface area contributed by atoms with Crippen molar-refractivity contribution in [3.05, 3.63) is 53.1 Å². The summed E-state index contributed by atoms with van der Waals surface area (Å²) in [6, 6.07) is 13.6. The van der Waals surface area contributed by atoms with Crippen LogP contribution in [0.15, 0.2) is 40.9 Å². The molecule has 1 heterocycles. The van der Waals surface area contributed by atoms with Crippen LogP contribution < -0.4 is 10.1 Å². The molecule has 0 bridgehead atoms. The largest absolute Gasteiger partial charge is 0.490 e. The summed E-state index contributed by atoms with van der Waals surface area (Å²) in [5, 5.41) is 17.2. The Morgan fingerprint density at radius 3 is 2.80 bits per heavy atom. The average Bonchev–Trinajstić information content (AvgIpc) is 3.51.